The Bertz CT molecular complexity index is 1020. The van der Waals surface area contributed by atoms with E-state index < -0.39 is 17.7 Å². The van der Waals surface area contributed by atoms with Crippen molar-refractivity contribution < 1.29 is 22.4 Å². The highest BCUT2D eigenvalue weighted by molar-refractivity contribution is 7.16. The number of rotatable bonds is 4. The largest absolute Gasteiger partial charge is 0.461 e. The van der Waals surface area contributed by atoms with Gasteiger partial charge in [-0.3, -0.25) is 9.48 Å². The molecule has 9 heteroatoms. The minimum atomic E-state index is -4.53. The third-order valence-corrected chi connectivity index (χ3v) is 4.50. The van der Waals surface area contributed by atoms with Gasteiger partial charge in [-0.25, -0.2) is 0 Å². The standard InChI is InChI=1S/C17H10F3N3O2S/c1-23-12(8-15(22-23)17(18,19)20)14-5-4-11(26-14)7-10(9-21)16(24)13-3-2-6-25-13/h2-8H,1H3/b10-7+. The van der Waals surface area contributed by atoms with Crippen molar-refractivity contribution in [2.75, 3.05) is 0 Å². The normalized spacial score (nSPS) is 12.2. The van der Waals surface area contributed by atoms with Gasteiger partial charge in [0.25, 0.3) is 0 Å². The third-order valence-electron chi connectivity index (χ3n) is 3.45. The van der Waals surface area contributed by atoms with Crippen LogP contribution in [0.4, 0.5) is 13.2 Å². The predicted octanol–water partition coefficient (Wildman–Crippen LogP) is 4.55. The van der Waals surface area contributed by atoms with E-state index in [1.54, 1.807) is 12.1 Å². The number of carbonyl (C=O) groups excluding carboxylic acids is 1. The Hall–Kier alpha value is -3.12. The van der Waals surface area contributed by atoms with Crippen LogP contribution >= 0.6 is 11.3 Å². The summed E-state index contributed by atoms with van der Waals surface area (Å²) in [5.41, 5.74) is -0.821. The summed E-state index contributed by atoms with van der Waals surface area (Å²) >= 11 is 1.14. The average Bonchev–Trinajstić information content (AvgIpc) is 3.31. The number of nitriles is 1. The summed E-state index contributed by atoms with van der Waals surface area (Å²) in [5.74, 6) is -0.525. The molecule has 0 spiro atoms. The zero-order chi connectivity index (χ0) is 18.9. The molecule has 0 saturated heterocycles. The van der Waals surface area contributed by atoms with E-state index in [0.29, 0.717) is 9.75 Å². The summed E-state index contributed by atoms with van der Waals surface area (Å²) in [6.07, 6.45) is -1.83. The van der Waals surface area contributed by atoms with E-state index in [4.69, 9.17) is 4.42 Å². The molecule has 3 aromatic heterocycles. The molecule has 0 aliphatic heterocycles. The second-order valence-electron chi connectivity index (χ2n) is 5.21. The van der Waals surface area contributed by atoms with Crippen LogP contribution in [0.5, 0.6) is 0 Å². The number of aryl methyl sites for hydroxylation is 1. The monoisotopic (exact) mass is 377 g/mol. The van der Waals surface area contributed by atoms with Gasteiger partial charge in [0.05, 0.1) is 16.8 Å². The van der Waals surface area contributed by atoms with Gasteiger partial charge in [-0.1, -0.05) is 0 Å². The molecule has 0 saturated carbocycles. The SMILES string of the molecule is Cn1nc(C(F)(F)F)cc1-c1ccc(/C=C(\C#N)C(=O)c2ccco2)s1. The quantitative estimate of drug-likeness (QED) is 0.380. The van der Waals surface area contributed by atoms with E-state index in [-0.39, 0.29) is 17.0 Å². The van der Waals surface area contributed by atoms with E-state index in [2.05, 4.69) is 5.10 Å². The average molecular weight is 377 g/mol. The van der Waals surface area contributed by atoms with Crippen molar-refractivity contribution >= 4 is 23.2 Å². The first-order valence-electron chi connectivity index (χ1n) is 7.21. The van der Waals surface area contributed by atoms with Crippen molar-refractivity contribution in [3.05, 3.63) is 58.5 Å². The highest BCUT2D eigenvalue weighted by atomic mass is 32.1. The Labute approximate surface area is 149 Å². The minimum Gasteiger partial charge on any atom is -0.461 e. The van der Waals surface area contributed by atoms with E-state index in [1.807, 2.05) is 6.07 Å². The molecule has 0 fully saturated rings. The lowest BCUT2D eigenvalue weighted by Gasteiger charge is -1.98. The fraction of sp³-hybridized carbons (Fsp3) is 0.118. The number of allylic oxidation sites excluding steroid dienone is 1. The molecule has 0 aromatic carbocycles. The number of hydrogen-bond acceptors (Lipinski definition) is 5. The highest BCUT2D eigenvalue weighted by Crippen LogP contribution is 2.34. The number of halogens is 3. The van der Waals surface area contributed by atoms with Gasteiger partial charge in [0.1, 0.15) is 11.6 Å². The molecule has 0 radical (unpaired) electrons. The van der Waals surface area contributed by atoms with Crippen molar-refractivity contribution in [1.82, 2.24) is 9.78 Å². The van der Waals surface area contributed by atoms with Crippen LogP contribution < -0.4 is 0 Å². The Morgan fingerprint density at radius 1 is 1.38 bits per heavy atom. The van der Waals surface area contributed by atoms with Gasteiger partial charge >= 0.3 is 6.18 Å². The first kappa shape index (κ1) is 17.7. The van der Waals surface area contributed by atoms with Crippen LogP contribution in [-0.2, 0) is 13.2 Å². The third kappa shape index (κ3) is 3.45. The van der Waals surface area contributed by atoms with Gasteiger partial charge < -0.3 is 4.42 Å². The topological polar surface area (TPSA) is 71.8 Å². The van der Waals surface area contributed by atoms with E-state index >= 15 is 0 Å². The first-order chi connectivity index (χ1) is 12.3. The molecule has 0 N–H and O–H groups in total. The van der Waals surface area contributed by atoms with Crippen LogP contribution in [0.15, 0.2) is 46.6 Å². The highest BCUT2D eigenvalue weighted by Gasteiger charge is 2.34. The number of ketones is 1. The van der Waals surface area contributed by atoms with E-state index in [0.717, 1.165) is 22.1 Å². The molecule has 0 amide bonds. The molecular weight excluding hydrogens is 367 g/mol. The maximum absolute atomic E-state index is 12.8. The molecule has 0 unspecified atom stereocenters. The molecule has 5 nitrogen and oxygen atoms in total. The summed E-state index contributed by atoms with van der Waals surface area (Å²) < 4.78 is 44.5. The molecular formula is C17H10F3N3O2S. The number of furan rings is 1. The van der Waals surface area contributed by atoms with Crippen molar-refractivity contribution in [2.24, 2.45) is 7.05 Å². The molecule has 0 aliphatic rings. The van der Waals surface area contributed by atoms with Crippen LogP contribution in [0.25, 0.3) is 16.6 Å². The lowest BCUT2D eigenvalue weighted by atomic mass is 10.1. The molecule has 0 atom stereocenters. The van der Waals surface area contributed by atoms with Crippen molar-refractivity contribution in [3.8, 4) is 16.6 Å². The Balaban J connectivity index is 1.92. The maximum atomic E-state index is 12.8. The van der Waals surface area contributed by atoms with Gasteiger partial charge in [-0.2, -0.15) is 23.5 Å². The fourth-order valence-electron chi connectivity index (χ4n) is 2.24. The fourth-order valence-corrected chi connectivity index (χ4v) is 3.23. The summed E-state index contributed by atoms with van der Waals surface area (Å²) in [6.45, 7) is 0. The van der Waals surface area contributed by atoms with Crippen LogP contribution in [0, 0.1) is 11.3 Å². The number of nitrogens with zero attached hydrogens (tertiary/aromatic N) is 3. The van der Waals surface area contributed by atoms with Crippen LogP contribution in [0.3, 0.4) is 0 Å². The summed E-state index contributed by atoms with van der Waals surface area (Å²) in [6, 6.07) is 8.98. The van der Waals surface area contributed by atoms with Gasteiger partial charge in [-0.15, -0.1) is 11.3 Å². The number of alkyl halides is 3. The molecule has 0 aliphatic carbocycles. The Morgan fingerprint density at radius 3 is 2.73 bits per heavy atom. The number of carbonyl (C=O) groups is 1. The van der Waals surface area contributed by atoms with Crippen LogP contribution in [0.2, 0.25) is 0 Å². The molecule has 3 heterocycles. The maximum Gasteiger partial charge on any atom is 0.435 e. The molecule has 132 valence electrons. The van der Waals surface area contributed by atoms with Gasteiger partial charge in [0.2, 0.25) is 5.78 Å². The zero-order valence-electron chi connectivity index (χ0n) is 13.2. The lowest BCUT2D eigenvalue weighted by molar-refractivity contribution is -0.141. The van der Waals surface area contributed by atoms with Gasteiger partial charge in [0.15, 0.2) is 11.5 Å². The lowest BCUT2D eigenvalue weighted by Crippen LogP contribution is -2.06. The smallest absolute Gasteiger partial charge is 0.435 e. The summed E-state index contributed by atoms with van der Waals surface area (Å²) in [7, 11) is 1.42. The zero-order valence-corrected chi connectivity index (χ0v) is 14.1. The molecule has 26 heavy (non-hydrogen) atoms. The second-order valence-corrected chi connectivity index (χ2v) is 6.33. The van der Waals surface area contributed by atoms with Crippen LogP contribution in [0.1, 0.15) is 21.1 Å². The Kier molecular flexibility index (Phi) is 4.52. The predicted molar refractivity (Wildman–Crippen MR) is 88.2 cm³/mol. The number of hydrogen-bond donors (Lipinski definition) is 0. The number of thiophene rings is 1. The van der Waals surface area contributed by atoms with Crippen molar-refractivity contribution in [1.29, 1.82) is 5.26 Å². The van der Waals surface area contributed by atoms with Gasteiger partial charge in [-0.05, 0) is 36.4 Å². The van der Waals surface area contributed by atoms with E-state index in [9.17, 15) is 23.2 Å². The molecule has 0 bridgehead atoms. The van der Waals surface area contributed by atoms with Crippen molar-refractivity contribution in [3.63, 3.8) is 0 Å². The van der Waals surface area contributed by atoms with E-state index in [1.165, 1.54) is 31.5 Å². The second kappa shape index (κ2) is 6.65. The molecule has 3 aromatic rings. The number of Topliss-reactive ketones (excluding diaryl/α,β-unsaturated/α-hetero) is 1. The molecule has 3 rings (SSSR count). The first-order valence-corrected chi connectivity index (χ1v) is 8.02. The number of aromatic nitrogens is 2. The van der Waals surface area contributed by atoms with Crippen molar-refractivity contribution in [2.45, 2.75) is 6.18 Å². The Morgan fingerprint density at radius 2 is 2.15 bits per heavy atom. The minimum absolute atomic E-state index is 0.0380. The van der Waals surface area contributed by atoms with Crippen LogP contribution in [-0.4, -0.2) is 15.6 Å². The van der Waals surface area contributed by atoms with Gasteiger partial charge in [0, 0.05) is 11.9 Å². The summed E-state index contributed by atoms with van der Waals surface area (Å²) in [4.78, 5) is 13.2. The summed E-state index contributed by atoms with van der Waals surface area (Å²) in [5, 5.41) is 12.7.